The fraction of sp³-hybridized carbons (Fsp3) is 0.143. The van der Waals surface area contributed by atoms with Gasteiger partial charge < -0.3 is 29.3 Å². The van der Waals surface area contributed by atoms with E-state index < -0.39 is 11.8 Å². The molecule has 8 nitrogen and oxygen atoms in total. The Bertz CT molecular complexity index is 1040. The average Bonchev–Trinajstić information content (AvgIpc) is 3.29. The Labute approximate surface area is 177 Å². The molecule has 0 saturated carbocycles. The molecule has 2 aromatic carbocycles. The molecule has 9 heteroatoms. The molecule has 0 atom stereocenters. The van der Waals surface area contributed by atoms with E-state index in [1.54, 1.807) is 18.2 Å². The smallest absolute Gasteiger partial charge is 0.291 e. The lowest BCUT2D eigenvalue weighted by atomic mass is 10.1. The van der Waals surface area contributed by atoms with Gasteiger partial charge in [-0.2, -0.15) is 0 Å². The van der Waals surface area contributed by atoms with Crippen molar-refractivity contribution in [2.45, 2.75) is 0 Å². The number of rotatable bonds is 7. The Morgan fingerprint density at radius 2 is 1.60 bits per heavy atom. The highest BCUT2D eigenvalue weighted by molar-refractivity contribution is 6.34. The van der Waals surface area contributed by atoms with E-state index in [1.807, 2.05) is 0 Å². The molecule has 1 aromatic heterocycles. The minimum Gasteiger partial charge on any atom is -0.493 e. The zero-order valence-electron chi connectivity index (χ0n) is 16.4. The molecule has 1 heterocycles. The van der Waals surface area contributed by atoms with E-state index in [9.17, 15) is 9.59 Å². The summed E-state index contributed by atoms with van der Waals surface area (Å²) in [6, 6.07) is 10.9. The third-order valence-corrected chi connectivity index (χ3v) is 4.46. The predicted molar refractivity (Wildman–Crippen MR) is 112 cm³/mol. The van der Waals surface area contributed by atoms with Crippen LogP contribution in [0.3, 0.4) is 0 Å². The van der Waals surface area contributed by atoms with Crippen LogP contribution in [0, 0.1) is 0 Å². The maximum atomic E-state index is 12.7. The Balaban J connectivity index is 1.77. The minimum atomic E-state index is -0.434. The molecule has 0 saturated heterocycles. The summed E-state index contributed by atoms with van der Waals surface area (Å²) in [7, 11) is 4.41. The topological polar surface area (TPSA) is 99.0 Å². The van der Waals surface area contributed by atoms with E-state index in [0.29, 0.717) is 34.2 Å². The van der Waals surface area contributed by atoms with Crippen LogP contribution in [0.2, 0.25) is 5.02 Å². The number of amides is 2. The van der Waals surface area contributed by atoms with Crippen LogP contribution < -0.4 is 24.8 Å². The van der Waals surface area contributed by atoms with Crippen molar-refractivity contribution in [2.75, 3.05) is 32.0 Å². The molecule has 0 aliphatic heterocycles. The van der Waals surface area contributed by atoms with Gasteiger partial charge in [0.15, 0.2) is 17.3 Å². The van der Waals surface area contributed by atoms with E-state index in [2.05, 4.69) is 10.6 Å². The summed E-state index contributed by atoms with van der Waals surface area (Å²) in [4.78, 5) is 24.8. The number of hydrogen-bond donors (Lipinski definition) is 2. The van der Waals surface area contributed by atoms with E-state index in [4.69, 9.17) is 30.2 Å². The molecule has 156 valence electrons. The Hall–Kier alpha value is -3.65. The molecular weight excluding hydrogens is 412 g/mol. The Kier molecular flexibility index (Phi) is 6.48. The first-order chi connectivity index (χ1) is 14.5. The molecule has 0 aliphatic carbocycles. The molecule has 0 radical (unpaired) electrons. The number of nitrogens with one attached hydrogen (secondary N) is 2. The number of benzene rings is 2. The number of furan rings is 1. The minimum absolute atomic E-state index is 0.158. The van der Waals surface area contributed by atoms with Gasteiger partial charge in [-0.25, -0.2) is 0 Å². The van der Waals surface area contributed by atoms with Crippen molar-refractivity contribution in [1.29, 1.82) is 0 Å². The van der Waals surface area contributed by atoms with E-state index in [1.165, 1.54) is 51.9 Å². The van der Waals surface area contributed by atoms with Crippen LogP contribution in [0.4, 0.5) is 11.4 Å². The molecule has 0 unspecified atom stereocenters. The molecule has 3 aromatic rings. The average molecular weight is 431 g/mol. The Morgan fingerprint density at radius 3 is 2.13 bits per heavy atom. The van der Waals surface area contributed by atoms with Gasteiger partial charge in [-0.1, -0.05) is 11.6 Å². The normalized spacial score (nSPS) is 10.3. The lowest BCUT2D eigenvalue weighted by Gasteiger charge is -2.14. The maximum Gasteiger partial charge on any atom is 0.291 e. The largest absolute Gasteiger partial charge is 0.493 e. The van der Waals surface area contributed by atoms with Crippen molar-refractivity contribution < 1.29 is 28.2 Å². The summed E-state index contributed by atoms with van der Waals surface area (Å²) < 4.78 is 20.8. The fourth-order valence-electron chi connectivity index (χ4n) is 2.70. The lowest BCUT2D eigenvalue weighted by Crippen LogP contribution is -2.14. The van der Waals surface area contributed by atoms with Crippen molar-refractivity contribution in [1.82, 2.24) is 0 Å². The fourth-order valence-corrected chi connectivity index (χ4v) is 2.93. The second-order valence-corrected chi connectivity index (χ2v) is 6.40. The van der Waals surface area contributed by atoms with Crippen LogP contribution >= 0.6 is 11.6 Å². The molecule has 3 rings (SSSR count). The number of ether oxygens (including phenoxy) is 3. The number of methoxy groups -OCH3 is 3. The van der Waals surface area contributed by atoms with Crippen LogP contribution in [0.1, 0.15) is 20.9 Å². The van der Waals surface area contributed by atoms with Gasteiger partial charge >= 0.3 is 0 Å². The van der Waals surface area contributed by atoms with Crippen LogP contribution in [0.5, 0.6) is 17.2 Å². The highest BCUT2D eigenvalue weighted by Gasteiger charge is 2.18. The summed E-state index contributed by atoms with van der Waals surface area (Å²) >= 11 is 6.25. The molecule has 30 heavy (non-hydrogen) atoms. The highest BCUT2D eigenvalue weighted by atomic mass is 35.5. The first kappa shape index (κ1) is 21.1. The van der Waals surface area contributed by atoms with Gasteiger partial charge in [0.1, 0.15) is 0 Å². The standard InChI is InChI=1S/C21H19ClN2O6/c1-27-17-9-12(10-18(28-2)19(17)29-3)20(25)23-13-6-7-15(14(22)11-13)24-21(26)16-5-4-8-30-16/h4-11H,1-3H3,(H,23,25)(H,24,26). The van der Waals surface area contributed by atoms with Gasteiger partial charge in [0.05, 0.1) is 38.3 Å². The van der Waals surface area contributed by atoms with Crippen molar-refractivity contribution in [3.05, 3.63) is 65.1 Å². The number of carbonyl (C=O) groups is 2. The Morgan fingerprint density at radius 1 is 0.900 bits per heavy atom. The molecule has 0 spiro atoms. The van der Waals surface area contributed by atoms with Crippen LogP contribution in [-0.4, -0.2) is 33.1 Å². The van der Waals surface area contributed by atoms with Gasteiger partial charge in [-0.15, -0.1) is 0 Å². The SMILES string of the molecule is COc1cc(C(=O)Nc2ccc(NC(=O)c3ccco3)c(Cl)c2)cc(OC)c1OC. The summed E-state index contributed by atoms with van der Waals surface area (Å²) in [5, 5.41) is 5.63. The van der Waals surface area contributed by atoms with Gasteiger partial charge in [0.25, 0.3) is 11.8 Å². The quantitative estimate of drug-likeness (QED) is 0.574. The zero-order chi connectivity index (χ0) is 21.7. The van der Waals surface area contributed by atoms with Crippen LogP contribution in [0.15, 0.2) is 53.1 Å². The van der Waals surface area contributed by atoms with Gasteiger partial charge in [0.2, 0.25) is 5.75 Å². The second-order valence-electron chi connectivity index (χ2n) is 5.99. The van der Waals surface area contributed by atoms with Gasteiger partial charge in [-0.3, -0.25) is 9.59 Å². The molecule has 0 bridgehead atoms. The van der Waals surface area contributed by atoms with Gasteiger partial charge in [0, 0.05) is 11.3 Å². The molecule has 0 aliphatic rings. The van der Waals surface area contributed by atoms with E-state index >= 15 is 0 Å². The van der Waals surface area contributed by atoms with E-state index in [-0.39, 0.29) is 10.8 Å². The highest BCUT2D eigenvalue weighted by Crippen LogP contribution is 2.38. The first-order valence-electron chi connectivity index (χ1n) is 8.72. The van der Waals surface area contributed by atoms with Crippen molar-refractivity contribution in [3.63, 3.8) is 0 Å². The van der Waals surface area contributed by atoms with Crippen molar-refractivity contribution >= 4 is 34.8 Å². The number of halogens is 1. The third kappa shape index (κ3) is 4.49. The number of carbonyl (C=O) groups excluding carboxylic acids is 2. The van der Waals surface area contributed by atoms with Crippen molar-refractivity contribution in [2.24, 2.45) is 0 Å². The maximum absolute atomic E-state index is 12.7. The second kappa shape index (κ2) is 9.23. The molecule has 2 amide bonds. The molecular formula is C21H19ClN2O6. The number of hydrogen-bond acceptors (Lipinski definition) is 6. The van der Waals surface area contributed by atoms with Gasteiger partial charge in [-0.05, 0) is 42.5 Å². The third-order valence-electron chi connectivity index (χ3n) is 4.15. The summed E-state index contributed by atoms with van der Waals surface area (Å²) in [5.41, 5.74) is 1.12. The van der Waals surface area contributed by atoms with E-state index in [0.717, 1.165) is 0 Å². The predicted octanol–water partition coefficient (Wildman–Crippen LogP) is 4.46. The molecule has 2 N–H and O–H groups in total. The first-order valence-corrected chi connectivity index (χ1v) is 9.10. The summed E-state index contributed by atoms with van der Waals surface area (Å²) in [6.45, 7) is 0. The molecule has 0 fully saturated rings. The van der Waals surface area contributed by atoms with Crippen LogP contribution in [-0.2, 0) is 0 Å². The number of anilines is 2. The summed E-state index contributed by atoms with van der Waals surface area (Å²) in [6.07, 6.45) is 1.40. The lowest BCUT2D eigenvalue weighted by molar-refractivity contribution is 0.0994. The zero-order valence-corrected chi connectivity index (χ0v) is 17.2. The summed E-state index contributed by atoms with van der Waals surface area (Å²) in [5.74, 6) is 0.419. The van der Waals surface area contributed by atoms with Crippen LogP contribution in [0.25, 0.3) is 0 Å². The monoisotopic (exact) mass is 430 g/mol. The van der Waals surface area contributed by atoms with Crippen molar-refractivity contribution in [3.8, 4) is 17.2 Å².